The SMILES string of the molecule is C=C(c1ccc(OC)cc1)c1ccc(C)cc1NC(C)OC. The van der Waals surface area contributed by atoms with E-state index in [1.54, 1.807) is 14.2 Å². The maximum Gasteiger partial charge on any atom is 0.124 e. The van der Waals surface area contributed by atoms with Crippen LogP contribution in [0.4, 0.5) is 5.69 Å². The van der Waals surface area contributed by atoms with Crippen LogP contribution in [0.2, 0.25) is 0 Å². The average molecular weight is 297 g/mol. The molecule has 0 radical (unpaired) electrons. The van der Waals surface area contributed by atoms with Gasteiger partial charge >= 0.3 is 0 Å². The molecule has 0 aliphatic rings. The lowest BCUT2D eigenvalue weighted by Crippen LogP contribution is -2.18. The first-order valence-electron chi connectivity index (χ1n) is 7.29. The van der Waals surface area contributed by atoms with Gasteiger partial charge in [0.15, 0.2) is 0 Å². The number of rotatable bonds is 6. The molecule has 3 nitrogen and oxygen atoms in total. The predicted molar refractivity (Wildman–Crippen MR) is 92.4 cm³/mol. The number of nitrogens with one attached hydrogen (secondary N) is 1. The van der Waals surface area contributed by atoms with Crippen LogP contribution in [0, 0.1) is 6.92 Å². The normalized spacial score (nSPS) is 11.8. The second-order valence-corrected chi connectivity index (χ2v) is 5.28. The average Bonchev–Trinajstić information content (AvgIpc) is 2.54. The Morgan fingerprint density at radius 3 is 2.36 bits per heavy atom. The van der Waals surface area contributed by atoms with Gasteiger partial charge in [-0.1, -0.05) is 30.8 Å². The minimum atomic E-state index is -0.0655. The van der Waals surface area contributed by atoms with Crippen molar-refractivity contribution in [2.24, 2.45) is 0 Å². The van der Waals surface area contributed by atoms with Crippen molar-refractivity contribution in [2.75, 3.05) is 19.5 Å². The fraction of sp³-hybridized carbons (Fsp3) is 0.263. The molecule has 0 amide bonds. The first kappa shape index (κ1) is 16.1. The number of methoxy groups -OCH3 is 2. The molecular weight excluding hydrogens is 274 g/mol. The van der Waals surface area contributed by atoms with E-state index in [0.29, 0.717) is 0 Å². The summed E-state index contributed by atoms with van der Waals surface area (Å²) in [6, 6.07) is 14.2. The summed E-state index contributed by atoms with van der Waals surface area (Å²) in [6.07, 6.45) is -0.0655. The number of ether oxygens (including phenoxy) is 2. The molecule has 2 aromatic carbocycles. The van der Waals surface area contributed by atoms with Crippen molar-refractivity contribution >= 4 is 11.3 Å². The van der Waals surface area contributed by atoms with Gasteiger partial charge in [0.1, 0.15) is 12.0 Å². The lowest BCUT2D eigenvalue weighted by atomic mass is 9.96. The zero-order valence-corrected chi connectivity index (χ0v) is 13.6. The Morgan fingerprint density at radius 2 is 1.77 bits per heavy atom. The number of anilines is 1. The second-order valence-electron chi connectivity index (χ2n) is 5.28. The van der Waals surface area contributed by atoms with Gasteiger partial charge in [0, 0.05) is 18.4 Å². The van der Waals surface area contributed by atoms with E-state index in [4.69, 9.17) is 9.47 Å². The summed E-state index contributed by atoms with van der Waals surface area (Å²) in [7, 11) is 3.35. The van der Waals surface area contributed by atoms with Gasteiger partial charge in [0.2, 0.25) is 0 Å². The highest BCUT2D eigenvalue weighted by atomic mass is 16.5. The van der Waals surface area contributed by atoms with Crippen molar-refractivity contribution in [2.45, 2.75) is 20.1 Å². The van der Waals surface area contributed by atoms with Gasteiger partial charge in [-0.25, -0.2) is 0 Å². The molecule has 0 aliphatic heterocycles. The Kier molecular flexibility index (Phi) is 5.23. The van der Waals surface area contributed by atoms with Crippen molar-refractivity contribution in [3.05, 3.63) is 65.7 Å². The van der Waals surface area contributed by atoms with Crippen molar-refractivity contribution in [3.8, 4) is 5.75 Å². The second kappa shape index (κ2) is 7.14. The van der Waals surface area contributed by atoms with Gasteiger partial charge in [0.05, 0.1) is 7.11 Å². The number of hydrogen-bond acceptors (Lipinski definition) is 3. The maximum atomic E-state index is 5.31. The minimum Gasteiger partial charge on any atom is -0.497 e. The van der Waals surface area contributed by atoms with Crippen LogP contribution in [0.3, 0.4) is 0 Å². The van der Waals surface area contributed by atoms with Crippen LogP contribution in [0.15, 0.2) is 49.0 Å². The molecule has 22 heavy (non-hydrogen) atoms. The predicted octanol–water partition coefficient (Wildman–Crippen LogP) is 4.47. The highest BCUT2D eigenvalue weighted by Gasteiger charge is 2.10. The third-order valence-electron chi connectivity index (χ3n) is 3.65. The van der Waals surface area contributed by atoms with Crippen LogP contribution < -0.4 is 10.1 Å². The smallest absolute Gasteiger partial charge is 0.124 e. The summed E-state index contributed by atoms with van der Waals surface area (Å²) < 4.78 is 10.5. The van der Waals surface area contributed by atoms with Crippen molar-refractivity contribution < 1.29 is 9.47 Å². The summed E-state index contributed by atoms with van der Waals surface area (Å²) in [5.41, 5.74) is 5.32. The summed E-state index contributed by atoms with van der Waals surface area (Å²) in [4.78, 5) is 0. The zero-order valence-electron chi connectivity index (χ0n) is 13.6. The number of hydrogen-bond donors (Lipinski definition) is 1. The molecule has 1 atom stereocenters. The van der Waals surface area contributed by atoms with Crippen molar-refractivity contribution in [1.29, 1.82) is 0 Å². The van der Waals surface area contributed by atoms with E-state index in [0.717, 1.165) is 28.1 Å². The molecule has 0 fully saturated rings. The van der Waals surface area contributed by atoms with E-state index >= 15 is 0 Å². The van der Waals surface area contributed by atoms with Crippen LogP contribution >= 0.6 is 0 Å². The topological polar surface area (TPSA) is 30.5 Å². The van der Waals surface area contributed by atoms with Gasteiger partial charge in [-0.15, -0.1) is 0 Å². The number of benzene rings is 2. The molecule has 0 saturated heterocycles. The molecule has 1 unspecified atom stereocenters. The Hall–Kier alpha value is -2.26. The van der Waals surface area contributed by atoms with E-state index in [-0.39, 0.29) is 6.23 Å². The van der Waals surface area contributed by atoms with Gasteiger partial charge in [-0.05, 0) is 48.7 Å². The molecule has 0 aromatic heterocycles. The Bertz CT molecular complexity index is 647. The maximum absolute atomic E-state index is 5.31. The largest absolute Gasteiger partial charge is 0.497 e. The Morgan fingerprint density at radius 1 is 1.09 bits per heavy atom. The van der Waals surface area contributed by atoms with Crippen LogP contribution in [0.1, 0.15) is 23.6 Å². The van der Waals surface area contributed by atoms with E-state index in [2.05, 4.69) is 37.0 Å². The zero-order chi connectivity index (χ0) is 16.1. The summed E-state index contributed by atoms with van der Waals surface area (Å²) in [5, 5.41) is 3.37. The van der Waals surface area contributed by atoms with E-state index in [1.807, 2.05) is 31.2 Å². The lowest BCUT2D eigenvalue weighted by molar-refractivity contribution is 0.141. The fourth-order valence-corrected chi connectivity index (χ4v) is 2.27. The van der Waals surface area contributed by atoms with Crippen LogP contribution in [0.5, 0.6) is 5.75 Å². The quantitative estimate of drug-likeness (QED) is 0.798. The van der Waals surface area contributed by atoms with Crippen molar-refractivity contribution in [3.63, 3.8) is 0 Å². The molecule has 116 valence electrons. The molecule has 0 bridgehead atoms. The highest BCUT2D eigenvalue weighted by Crippen LogP contribution is 2.30. The van der Waals surface area contributed by atoms with E-state index in [9.17, 15) is 0 Å². The van der Waals surface area contributed by atoms with Gasteiger partial charge in [-0.2, -0.15) is 0 Å². The number of aryl methyl sites for hydroxylation is 1. The Balaban J connectivity index is 2.35. The molecule has 0 aliphatic carbocycles. The first-order valence-corrected chi connectivity index (χ1v) is 7.29. The van der Waals surface area contributed by atoms with Crippen LogP contribution in [0.25, 0.3) is 5.57 Å². The van der Waals surface area contributed by atoms with Gasteiger partial charge < -0.3 is 14.8 Å². The van der Waals surface area contributed by atoms with Crippen molar-refractivity contribution in [1.82, 2.24) is 0 Å². The third-order valence-corrected chi connectivity index (χ3v) is 3.65. The first-order chi connectivity index (χ1) is 10.5. The molecule has 0 saturated carbocycles. The summed E-state index contributed by atoms with van der Waals surface area (Å²) in [5.74, 6) is 0.840. The molecule has 1 N–H and O–H groups in total. The van der Waals surface area contributed by atoms with Gasteiger partial charge in [0.25, 0.3) is 0 Å². The van der Waals surface area contributed by atoms with Gasteiger partial charge in [-0.3, -0.25) is 0 Å². The lowest BCUT2D eigenvalue weighted by Gasteiger charge is -2.19. The van der Waals surface area contributed by atoms with Crippen LogP contribution in [-0.4, -0.2) is 20.4 Å². The van der Waals surface area contributed by atoms with Crippen LogP contribution in [-0.2, 0) is 4.74 Å². The highest BCUT2D eigenvalue weighted by molar-refractivity contribution is 5.85. The molecular formula is C19H23NO2. The standard InChI is InChI=1S/C19H23NO2/c1-13-6-11-18(19(12-13)20-15(3)21-4)14(2)16-7-9-17(22-5)10-8-16/h6-12,15,20H,2H2,1,3-5H3. The molecule has 2 aromatic rings. The summed E-state index contributed by atoms with van der Waals surface area (Å²) >= 11 is 0. The third kappa shape index (κ3) is 3.68. The molecule has 3 heteroatoms. The minimum absolute atomic E-state index is 0.0655. The molecule has 0 heterocycles. The molecule has 2 rings (SSSR count). The van der Waals surface area contributed by atoms with E-state index < -0.39 is 0 Å². The summed E-state index contributed by atoms with van der Waals surface area (Å²) in [6.45, 7) is 8.30. The monoisotopic (exact) mass is 297 g/mol. The Labute approximate surface area is 132 Å². The fourth-order valence-electron chi connectivity index (χ4n) is 2.27. The molecule has 0 spiro atoms. The van der Waals surface area contributed by atoms with E-state index in [1.165, 1.54) is 5.56 Å².